The van der Waals surface area contributed by atoms with Crippen molar-refractivity contribution in [1.82, 2.24) is 19.7 Å². The van der Waals surface area contributed by atoms with Gasteiger partial charge in [-0.1, -0.05) is 29.8 Å². The highest BCUT2D eigenvalue weighted by atomic mass is 35.5. The summed E-state index contributed by atoms with van der Waals surface area (Å²) < 4.78 is 1.06. The summed E-state index contributed by atoms with van der Waals surface area (Å²) in [6.07, 6.45) is 5.74. The minimum absolute atomic E-state index is 0.204. The van der Waals surface area contributed by atoms with Gasteiger partial charge in [0.1, 0.15) is 0 Å². The number of amides is 1. The monoisotopic (exact) mass is 475 g/mol. The fourth-order valence-corrected chi connectivity index (χ4v) is 4.44. The summed E-state index contributed by atoms with van der Waals surface area (Å²) in [5.74, 6) is -1.22. The van der Waals surface area contributed by atoms with Gasteiger partial charge in [-0.2, -0.15) is 9.78 Å². The summed E-state index contributed by atoms with van der Waals surface area (Å²) in [5.41, 5.74) is 3.28. The van der Waals surface area contributed by atoms with E-state index in [2.05, 4.69) is 20.3 Å². The molecular weight excluding hydrogens is 454 g/mol. The first-order valence-corrected chi connectivity index (χ1v) is 11.4. The second kappa shape index (κ2) is 9.24. The van der Waals surface area contributed by atoms with Gasteiger partial charge in [-0.05, 0) is 67.4 Å². The van der Waals surface area contributed by atoms with E-state index in [0.29, 0.717) is 21.6 Å². The van der Waals surface area contributed by atoms with E-state index < -0.39 is 12.0 Å². The highest BCUT2D eigenvalue weighted by molar-refractivity contribution is 6.33. The highest BCUT2D eigenvalue weighted by Gasteiger charge is 2.21. The molecule has 1 saturated heterocycles. The predicted octanol–water partition coefficient (Wildman–Crippen LogP) is 5.13. The second-order valence-electron chi connectivity index (χ2n) is 8.27. The zero-order valence-electron chi connectivity index (χ0n) is 18.2. The molecule has 9 heteroatoms. The lowest BCUT2D eigenvalue weighted by Crippen LogP contribution is -2.22. The van der Waals surface area contributed by atoms with Crippen LogP contribution in [0.15, 0.2) is 60.9 Å². The number of fused-ring (bicyclic) bond motifs is 1. The number of carboxylic acid groups (broad SMARTS) is 1. The molecule has 1 fully saturated rings. The molecule has 34 heavy (non-hydrogen) atoms. The molecule has 2 N–H and O–H groups in total. The zero-order chi connectivity index (χ0) is 23.7. The van der Waals surface area contributed by atoms with Crippen molar-refractivity contribution in [3.63, 3.8) is 0 Å². The van der Waals surface area contributed by atoms with Crippen LogP contribution in [-0.2, 0) is 6.54 Å². The van der Waals surface area contributed by atoms with Crippen molar-refractivity contribution < 1.29 is 14.7 Å². The van der Waals surface area contributed by atoms with Crippen LogP contribution in [0.3, 0.4) is 0 Å². The molecule has 2 aromatic heterocycles. The third kappa shape index (κ3) is 4.37. The zero-order valence-corrected chi connectivity index (χ0v) is 19.0. The Labute approximate surface area is 200 Å². The number of nitrogens with zero attached hydrogens (tertiary/aromatic N) is 4. The van der Waals surface area contributed by atoms with Crippen LogP contribution in [0.2, 0.25) is 5.02 Å². The number of nitrogens with one attached hydrogen (secondary N) is 1. The first kappa shape index (κ1) is 22.1. The number of rotatable bonds is 5. The van der Waals surface area contributed by atoms with Crippen LogP contribution < -0.4 is 5.32 Å². The van der Waals surface area contributed by atoms with Crippen LogP contribution in [0.1, 0.15) is 28.9 Å². The van der Waals surface area contributed by atoms with E-state index in [9.17, 15) is 14.7 Å². The van der Waals surface area contributed by atoms with Gasteiger partial charge in [-0.3, -0.25) is 9.88 Å². The molecule has 5 rings (SSSR count). The van der Waals surface area contributed by atoms with Crippen molar-refractivity contribution in [3.05, 3.63) is 77.2 Å². The molecule has 1 aliphatic rings. The topological polar surface area (TPSA) is 100 Å². The molecule has 1 amide bonds. The summed E-state index contributed by atoms with van der Waals surface area (Å²) in [6, 6.07) is 13.8. The van der Waals surface area contributed by atoms with Crippen LogP contribution >= 0.6 is 11.6 Å². The minimum atomic E-state index is -1.22. The first-order chi connectivity index (χ1) is 16.5. The fourth-order valence-electron chi connectivity index (χ4n) is 4.28. The molecule has 2 aromatic carbocycles. The number of anilines is 1. The minimum Gasteiger partial charge on any atom is -0.476 e. The molecule has 0 atom stereocenters. The number of carbonyl (C=O) groups excluding carboxylic acids is 1. The molecule has 3 heterocycles. The number of hydrogen-bond donors (Lipinski definition) is 2. The molecule has 172 valence electrons. The van der Waals surface area contributed by atoms with Crippen LogP contribution in [0.4, 0.5) is 10.5 Å². The van der Waals surface area contributed by atoms with Crippen LogP contribution in [-0.4, -0.2) is 49.9 Å². The number of hydrogen-bond acceptors (Lipinski definition) is 5. The number of carbonyl (C=O) groups is 2. The molecule has 8 nitrogen and oxygen atoms in total. The van der Waals surface area contributed by atoms with E-state index in [0.717, 1.165) is 41.0 Å². The third-order valence-corrected chi connectivity index (χ3v) is 6.28. The molecule has 4 aromatic rings. The van der Waals surface area contributed by atoms with Gasteiger partial charge in [0.15, 0.2) is 5.69 Å². The van der Waals surface area contributed by atoms with Gasteiger partial charge in [0.2, 0.25) is 0 Å². The summed E-state index contributed by atoms with van der Waals surface area (Å²) in [6.45, 7) is 2.90. The van der Waals surface area contributed by atoms with Crippen LogP contribution in [0, 0.1) is 0 Å². The standard InChI is InChI=1S/C25H22ClN5O3/c26-20-7-5-16(15-30-10-1-2-11-30)12-21(20)28-25(34)31-22-8-6-17(18-4-3-9-27-14-18)13-19(22)23(29-31)24(32)33/h3-9,12-14H,1-2,10-11,15H2,(H,28,34)(H,32,33). The Morgan fingerprint density at radius 2 is 1.88 bits per heavy atom. The van der Waals surface area contributed by atoms with E-state index in [1.807, 2.05) is 18.2 Å². The SMILES string of the molecule is O=C(O)c1nn(C(=O)Nc2cc(CN3CCCC3)ccc2Cl)c2ccc(-c3cccnc3)cc12. The molecule has 0 bridgehead atoms. The van der Waals surface area contributed by atoms with Crippen molar-refractivity contribution in [2.45, 2.75) is 19.4 Å². The number of carboxylic acids is 1. The van der Waals surface area contributed by atoms with Gasteiger partial charge in [0.25, 0.3) is 0 Å². The fraction of sp³-hybridized carbons (Fsp3) is 0.200. The summed E-state index contributed by atoms with van der Waals surface area (Å²) >= 11 is 6.35. The highest BCUT2D eigenvalue weighted by Crippen LogP contribution is 2.28. The van der Waals surface area contributed by atoms with Gasteiger partial charge >= 0.3 is 12.0 Å². The lowest BCUT2D eigenvalue weighted by molar-refractivity contribution is 0.0692. The number of aromatic nitrogens is 3. The smallest absolute Gasteiger partial charge is 0.357 e. The Balaban J connectivity index is 1.47. The van der Waals surface area contributed by atoms with E-state index in [1.165, 1.54) is 12.8 Å². The van der Waals surface area contributed by atoms with Crippen molar-refractivity contribution in [2.75, 3.05) is 18.4 Å². The van der Waals surface area contributed by atoms with E-state index in [-0.39, 0.29) is 5.69 Å². The predicted molar refractivity (Wildman–Crippen MR) is 130 cm³/mol. The van der Waals surface area contributed by atoms with Gasteiger partial charge in [-0.15, -0.1) is 0 Å². The van der Waals surface area contributed by atoms with E-state index >= 15 is 0 Å². The maximum atomic E-state index is 13.1. The lowest BCUT2D eigenvalue weighted by atomic mass is 10.0. The van der Waals surface area contributed by atoms with Gasteiger partial charge in [-0.25, -0.2) is 9.59 Å². The second-order valence-corrected chi connectivity index (χ2v) is 8.67. The summed E-state index contributed by atoms with van der Waals surface area (Å²) in [7, 11) is 0. The average Bonchev–Trinajstić information content (AvgIpc) is 3.49. The molecule has 1 aliphatic heterocycles. The lowest BCUT2D eigenvalue weighted by Gasteiger charge is -2.16. The Morgan fingerprint density at radius 1 is 1.06 bits per heavy atom. The summed E-state index contributed by atoms with van der Waals surface area (Å²) in [5, 5.41) is 17.3. The van der Waals surface area contributed by atoms with Crippen LogP contribution in [0.5, 0.6) is 0 Å². The molecule has 0 aliphatic carbocycles. The number of aromatic carboxylic acids is 1. The average molecular weight is 476 g/mol. The molecule has 0 saturated carbocycles. The molecule has 0 radical (unpaired) electrons. The van der Waals surface area contributed by atoms with E-state index in [4.69, 9.17) is 11.6 Å². The van der Waals surface area contributed by atoms with Crippen molar-refractivity contribution in [1.29, 1.82) is 0 Å². The molecule has 0 unspecified atom stereocenters. The third-order valence-electron chi connectivity index (χ3n) is 5.95. The Morgan fingerprint density at radius 3 is 2.62 bits per heavy atom. The number of pyridine rings is 1. The maximum Gasteiger partial charge on any atom is 0.357 e. The summed E-state index contributed by atoms with van der Waals surface area (Å²) in [4.78, 5) is 31.5. The first-order valence-electron chi connectivity index (χ1n) is 11.0. The number of benzene rings is 2. The van der Waals surface area contributed by atoms with E-state index in [1.54, 1.807) is 42.7 Å². The molecular formula is C25H22ClN5O3. The van der Waals surface area contributed by atoms with Gasteiger partial charge in [0, 0.05) is 29.9 Å². The largest absolute Gasteiger partial charge is 0.476 e. The van der Waals surface area contributed by atoms with Crippen molar-refractivity contribution >= 4 is 40.2 Å². The van der Waals surface area contributed by atoms with Gasteiger partial charge < -0.3 is 10.4 Å². The number of likely N-dealkylation sites (tertiary alicyclic amines) is 1. The normalized spacial score (nSPS) is 13.9. The quantitative estimate of drug-likeness (QED) is 0.415. The van der Waals surface area contributed by atoms with Crippen molar-refractivity contribution in [3.8, 4) is 11.1 Å². The Kier molecular flexibility index (Phi) is 6.00. The Bertz CT molecular complexity index is 1380. The maximum absolute atomic E-state index is 13.1. The van der Waals surface area contributed by atoms with Gasteiger partial charge in [0.05, 0.1) is 16.2 Å². The number of halogens is 1. The molecule has 0 spiro atoms. The van der Waals surface area contributed by atoms with Crippen LogP contribution in [0.25, 0.3) is 22.0 Å². The Hall–Kier alpha value is -3.75. The van der Waals surface area contributed by atoms with Crippen molar-refractivity contribution in [2.24, 2.45) is 0 Å².